The van der Waals surface area contributed by atoms with E-state index in [1.54, 1.807) is 0 Å². The molecule has 0 heterocycles. The van der Waals surface area contributed by atoms with E-state index in [1.807, 2.05) is 6.92 Å². The van der Waals surface area contributed by atoms with Gasteiger partial charge in [-0.05, 0) is 12.3 Å². The summed E-state index contributed by atoms with van der Waals surface area (Å²) in [6.07, 6.45) is 1.59. The summed E-state index contributed by atoms with van der Waals surface area (Å²) in [6, 6.07) is 0. The fraction of sp³-hybridized carbons (Fsp3) is 0.667. The number of carbonyl (C=O) groups is 1. The van der Waals surface area contributed by atoms with E-state index in [2.05, 4.69) is 16.4 Å². The van der Waals surface area contributed by atoms with Gasteiger partial charge in [0.05, 0.1) is 0 Å². The monoisotopic (exact) mass is 218 g/mol. The Hall–Kier alpha value is -0.620. The lowest BCUT2D eigenvalue weighted by atomic mass is 10.3. The summed E-state index contributed by atoms with van der Waals surface area (Å²) < 4.78 is 20.5. The molecule has 0 fully saturated rings. The number of ketones is 1. The number of rotatable bonds is 5. The fourth-order valence-electron chi connectivity index (χ4n) is 0.551. The summed E-state index contributed by atoms with van der Waals surface area (Å²) in [5.41, 5.74) is 0. The van der Waals surface area contributed by atoms with Crippen LogP contribution in [0.3, 0.4) is 0 Å². The Morgan fingerprint density at radius 1 is 1.50 bits per heavy atom. The Balaban J connectivity index is 3.88. The first kappa shape index (κ1) is 13.4. The average molecular weight is 218 g/mol. The van der Waals surface area contributed by atoms with Crippen LogP contribution < -0.4 is 0 Å². The van der Waals surface area contributed by atoms with Crippen LogP contribution in [0.4, 0.5) is 0 Å². The van der Waals surface area contributed by atoms with Crippen LogP contribution in [0.2, 0.25) is 0 Å². The lowest BCUT2D eigenvalue weighted by molar-refractivity contribution is -0.115. The molecule has 0 N–H and O–H groups in total. The van der Waals surface area contributed by atoms with E-state index in [1.165, 1.54) is 13.8 Å². The highest BCUT2D eigenvalue weighted by molar-refractivity contribution is 7.52. The zero-order chi connectivity index (χ0) is 11.0. The zero-order valence-electron chi connectivity index (χ0n) is 8.70. The topological polar surface area (TPSA) is 52.6 Å². The number of Topliss-reactive ketones (excluding diaryl/α,β-unsaturated/α-hetero) is 1. The minimum absolute atomic E-state index is 0.279. The van der Waals surface area contributed by atoms with Gasteiger partial charge in [-0.2, -0.15) is 0 Å². The van der Waals surface area contributed by atoms with E-state index >= 15 is 0 Å². The molecular weight excluding hydrogens is 203 g/mol. The van der Waals surface area contributed by atoms with Crippen molar-refractivity contribution in [2.75, 3.05) is 20.4 Å². The van der Waals surface area contributed by atoms with Gasteiger partial charge in [0.15, 0.2) is 0 Å². The summed E-state index contributed by atoms with van der Waals surface area (Å²) in [4.78, 5) is 11.0. The molecule has 0 aromatic carbocycles. The Morgan fingerprint density at radius 3 is 2.64 bits per heavy atom. The standard InChI is InChI=1S/C9H15O4P/c1-4-5-6-7-9(10)8-13-14(3,11)12-2/h4-5,8H2,1-3H3. The fourth-order valence-corrected chi connectivity index (χ4v) is 1.01. The van der Waals surface area contributed by atoms with Crippen molar-refractivity contribution in [3.8, 4) is 11.8 Å². The first-order chi connectivity index (χ1) is 6.52. The van der Waals surface area contributed by atoms with Gasteiger partial charge < -0.3 is 4.52 Å². The van der Waals surface area contributed by atoms with Crippen LogP contribution in [0.25, 0.3) is 0 Å². The maximum Gasteiger partial charge on any atom is 0.327 e. The predicted octanol–water partition coefficient (Wildman–Crippen LogP) is 1.84. The second-order valence-electron chi connectivity index (χ2n) is 2.70. The Kier molecular flexibility index (Phi) is 6.48. The highest BCUT2D eigenvalue weighted by Gasteiger charge is 2.15. The summed E-state index contributed by atoms with van der Waals surface area (Å²) in [5.74, 6) is 4.69. The Bertz CT molecular complexity index is 287. The van der Waals surface area contributed by atoms with Crippen molar-refractivity contribution in [3.05, 3.63) is 0 Å². The second-order valence-corrected chi connectivity index (χ2v) is 4.87. The molecule has 0 aliphatic heterocycles. The number of hydrogen-bond acceptors (Lipinski definition) is 4. The largest absolute Gasteiger partial charge is 0.327 e. The minimum atomic E-state index is -3.05. The van der Waals surface area contributed by atoms with E-state index in [0.29, 0.717) is 6.42 Å². The molecule has 0 rings (SSSR count). The maximum atomic E-state index is 11.2. The van der Waals surface area contributed by atoms with Crippen LogP contribution in [-0.2, 0) is 18.4 Å². The molecule has 0 saturated carbocycles. The number of carbonyl (C=O) groups excluding carboxylic acids is 1. The molecule has 0 spiro atoms. The Labute approximate surface area is 84.5 Å². The molecule has 1 unspecified atom stereocenters. The first-order valence-corrected chi connectivity index (χ1v) is 6.30. The van der Waals surface area contributed by atoms with Crippen LogP contribution in [0.5, 0.6) is 0 Å². The average Bonchev–Trinajstić information content (AvgIpc) is 2.16. The normalized spacial score (nSPS) is 13.9. The molecule has 4 nitrogen and oxygen atoms in total. The SMILES string of the molecule is CCCC#CC(=O)COP(C)(=O)OC. The van der Waals surface area contributed by atoms with Gasteiger partial charge >= 0.3 is 7.60 Å². The highest BCUT2D eigenvalue weighted by Crippen LogP contribution is 2.42. The summed E-state index contributed by atoms with van der Waals surface area (Å²) in [6.45, 7) is 3.00. The molecule has 0 aliphatic carbocycles. The number of hydrogen-bond donors (Lipinski definition) is 0. The lowest BCUT2D eigenvalue weighted by Gasteiger charge is -2.08. The van der Waals surface area contributed by atoms with Crippen molar-refractivity contribution in [1.82, 2.24) is 0 Å². The molecular formula is C9H15O4P. The van der Waals surface area contributed by atoms with Gasteiger partial charge in [0.2, 0.25) is 5.78 Å². The van der Waals surface area contributed by atoms with Gasteiger partial charge in [-0.25, -0.2) is 0 Å². The van der Waals surface area contributed by atoms with Gasteiger partial charge in [0, 0.05) is 20.2 Å². The van der Waals surface area contributed by atoms with Gasteiger partial charge in [0.25, 0.3) is 0 Å². The van der Waals surface area contributed by atoms with Gasteiger partial charge in [-0.1, -0.05) is 12.8 Å². The molecule has 80 valence electrons. The molecule has 0 aliphatic rings. The quantitative estimate of drug-likeness (QED) is 0.401. The van der Waals surface area contributed by atoms with Crippen LogP contribution >= 0.6 is 7.60 Å². The van der Waals surface area contributed by atoms with E-state index in [-0.39, 0.29) is 12.4 Å². The molecule has 14 heavy (non-hydrogen) atoms. The predicted molar refractivity (Wildman–Crippen MR) is 54.2 cm³/mol. The Morgan fingerprint density at radius 2 is 2.14 bits per heavy atom. The van der Waals surface area contributed by atoms with Crippen LogP contribution in [0, 0.1) is 11.8 Å². The molecule has 1 atom stereocenters. The zero-order valence-corrected chi connectivity index (χ0v) is 9.60. The van der Waals surface area contributed by atoms with Crippen molar-refractivity contribution in [1.29, 1.82) is 0 Å². The smallest absolute Gasteiger partial charge is 0.312 e. The van der Waals surface area contributed by atoms with Crippen molar-refractivity contribution in [3.63, 3.8) is 0 Å². The van der Waals surface area contributed by atoms with E-state index < -0.39 is 7.60 Å². The van der Waals surface area contributed by atoms with Crippen LogP contribution in [0.15, 0.2) is 0 Å². The van der Waals surface area contributed by atoms with Gasteiger partial charge in [-0.15, -0.1) is 0 Å². The van der Waals surface area contributed by atoms with Gasteiger partial charge in [-0.3, -0.25) is 13.9 Å². The second kappa shape index (κ2) is 6.78. The van der Waals surface area contributed by atoms with E-state index in [9.17, 15) is 9.36 Å². The maximum absolute atomic E-state index is 11.2. The third kappa shape index (κ3) is 6.85. The van der Waals surface area contributed by atoms with Gasteiger partial charge in [0.1, 0.15) is 6.61 Å². The molecule has 5 heteroatoms. The molecule has 0 bridgehead atoms. The van der Waals surface area contributed by atoms with Crippen LogP contribution in [-0.4, -0.2) is 26.2 Å². The summed E-state index contributed by atoms with van der Waals surface area (Å²) >= 11 is 0. The lowest BCUT2D eigenvalue weighted by Crippen LogP contribution is -2.04. The van der Waals surface area contributed by atoms with Crippen molar-refractivity contribution in [2.24, 2.45) is 0 Å². The van der Waals surface area contributed by atoms with E-state index in [0.717, 1.165) is 6.42 Å². The third-order valence-corrected chi connectivity index (χ3v) is 2.63. The highest BCUT2D eigenvalue weighted by atomic mass is 31.2. The third-order valence-electron chi connectivity index (χ3n) is 1.36. The molecule has 0 aromatic rings. The molecule has 0 aromatic heterocycles. The van der Waals surface area contributed by atoms with Crippen molar-refractivity contribution in [2.45, 2.75) is 19.8 Å². The molecule has 0 saturated heterocycles. The van der Waals surface area contributed by atoms with Crippen molar-refractivity contribution < 1.29 is 18.4 Å². The summed E-state index contributed by atoms with van der Waals surface area (Å²) in [5, 5.41) is 0. The first-order valence-electron chi connectivity index (χ1n) is 4.31. The minimum Gasteiger partial charge on any atom is -0.312 e. The van der Waals surface area contributed by atoms with Crippen molar-refractivity contribution >= 4 is 13.4 Å². The number of unbranched alkanes of at least 4 members (excludes halogenated alkanes) is 1. The van der Waals surface area contributed by atoms with E-state index in [4.69, 9.17) is 4.52 Å². The summed E-state index contributed by atoms with van der Waals surface area (Å²) in [7, 11) is -1.78. The molecule has 0 radical (unpaired) electrons. The van der Waals surface area contributed by atoms with Crippen LogP contribution in [0.1, 0.15) is 19.8 Å². The molecule has 0 amide bonds.